The average molecular weight is 232 g/mol. The number of carbonyl (C=O) groups is 2. The summed E-state index contributed by atoms with van der Waals surface area (Å²) in [5.41, 5.74) is -0.104. The number of carboxylic acids is 2. The molecule has 0 fully saturated rings. The first kappa shape index (κ1) is 12.6. The van der Waals surface area contributed by atoms with Gasteiger partial charge in [-0.3, -0.25) is 0 Å². The number of ether oxygens (including phenoxy) is 1. The zero-order valence-corrected chi connectivity index (χ0v) is 8.24. The highest BCUT2D eigenvalue weighted by Gasteiger charge is 2.33. The van der Waals surface area contributed by atoms with Crippen molar-refractivity contribution in [3.63, 3.8) is 0 Å². The highest BCUT2D eigenvalue weighted by Crippen LogP contribution is 2.22. The van der Waals surface area contributed by atoms with Gasteiger partial charge in [-0.2, -0.15) is 0 Å². The third-order valence-corrected chi connectivity index (χ3v) is 2.22. The van der Waals surface area contributed by atoms with Crippen LogP contribution in [0.5, 0.6) is 0 Å². The van der Waals surface area contributed by atoms with Crippen LogP contribution in [0.4, 0.5) is 0 Å². The van der Waals surface area contributed by atoms with Crippen LogP contribution in [0.1, 0.15) is 6.42 Å². The summed E-state index contributed by atoms with van der Waals surface area (Å²) >= 11 is 0. The first-order valence-corrected chi connectivity index (χ1v) is 4.55. The van der Waals surface area contributed by atoms with Gasteiger partial charge in [-0.15, -0.1) is 0 Å². The van der Waals surface area contributed by atoms with E-state index in [1.165, 1.54) is 0 Å². The van der Waals surface area contributed by atoms with E-state index < -0.39 is 36.9 Å². The first-order chi connectivity index (χ1) is 7.41. The van der Waals surface area contributed by atoms with E-state index in [2.05, 4.69) is 0 Å². The molecule has 0 radical (unpaired) electrons. The predicted molar refractivity (Wildman–Crippen MR) is 49.7 cm³/mol. The summed E-state index contributed by atoms with van der Waals surface area (Å²) in [6.07, 6.45) is -2.82. The molecule has 16 heavy (non-hydrogen) atoms. The summed E-state index contributed by atoms with van der Waals surface area (Å²) in [7, 11) is 0. The zero-order chi connectivity index (χ0) is 12.3. The van der Waals surface area contributed by atoms with Crippen molar-refractivity contribution in [2.45, 2.75) is 24.7 Å². The van der Waals surface area contributed by atoms with Gasteiger partial charge in [-0.05, 0) is 6.08 Å². The maximum atomic E-state index is 10.7. The Hall–Kier alpha value is -1.44. The Morgan fingerprint density at radius 3 is 2.50 bits per heavy atom. The van der Waals surface area contributed by atoms with Gasteiger partial charge < -0.3 is 25.2 Å². The molecular formula is C9H12O7. The molecule has 7 heteroatoms. The Bertz CT molecular complexity index is 322. The zero-order valence-electron chi connectivity index (χ0n) is 8.24. The summed E-state index contributed by atoms with van der Waals surface area (Å²) in [5.74, 6) is -2.46. The molecule has 0 saturated heterocycles. The van der Waals surface area contributed by atoms with Crippen LogP contribution < -0.4 is 0 Å². The monoisotopic (exact) mass is 232 g/mol. The topological polar surface area (TPSA) is 124 Å². The van der Waals surface area contributed by atoms with E-state index in [4.69, 9.17) is 14.9 Å². The van der Waals surface area contributed by atoms with Gasteiger partial charge in [-0.25, -0.2) is 9.59 Å². The minimum absolute atomic E-state index is 0.104. The third-order valence-electron chi connectivity index (χ3n) is 2.22. The molecule has 0 unspecified atom stereocenters. The Balaban J connectivity index is 2.69. The van der Waals surface area contributed by atoms with Gasteiger partial charge in [0.2, 0.25) is 0 Å². The second-order valence-electron chi connectivity index (χ2n) is 3.43. The van der Waals surface area contributed by atoms with Crippen molar-refractivity contribution in [2.75, 3.05) is 6.61 Å². The quantitative estimate of drug-likeness (QED) is 0.469. The normalized spacial score (nSPS) is 29.6. The molecule has 0 saturated carbocycles. The maximum absolute atomic E-state index is 10.7. The van der Waals surface area contributed by atoms with E-state index in [1.54, 1.807) is 0 Å². The Labute approximate surface area is 90.6 Å². The van der Waals surface area contributed by atoms with Gasteiger partial charge in [0, 0.05) is 12.0 Å². The van der Waals surface area contributed by atoms with Crippen LogP contribution in [0.25, 0.3) is 0 Å². The second-order valence-corrected chi connectivity index (χ2v) is 3.43. The molecule has 0 aromatic carbocycles. The molecule has 1 aliphatic carbocycles. The molecular weight excluding hydrogens is 220 g/mol. The SMILES string of the molecule is O=C(O)CO[C@@H]1CC(C(=O)O)=C[C@@H](O)[C@H]1O. The minimum atomic E-state index is -1.36. The maximum Gasteiger partial charge on any atom is 0.331 e. The number of aliphatic carboxylic acids is 2. The van der Waals surface area contributed by atoms with Crippen molar-refractivity contribution in [3.8, 4) is 0 Å². The fourth-order valence-electron chi connectivity index (χ4n) is 1.42. The molecule has 3 atom stereocenters. The van der Waals surface area contributed by atoms with E-state index in [9.17, 15) is 19.8 Å². The lowest BCUT2D eigenvalue weighted by atomic mass is 9.92. The average Bonchev–Trinajstić information content (AvgIpc) is 2.19. The molecule has 0 heterocycles. The number of hydrogen-bond acceptors (Lipinski definition) is 5. The van der Waals surface area contributed by atoms with Crippen LogP contribution in [0, 0.1) is 0 Å². The number of rotatable bonds is 4. The largest absolute Gasteiger partial charge is 0.480 e. The first-order valence-electron chi connectivity index (χ1n) is 4.55. The fourth-order valence-corrected chi connectivity index (χ4v) is 1.42. The minimum Gasteiger partial charge on any atom is -0.480 e. The van der Waals surface area contributed by atoms with Crippen LogP contribution in [-0.4, -0.2) is 57.3 Å². The lowest BCUT2D eigenvalue weighted by molar-refractivity contribution is -0.150. The molecule has 4 N–H and O–H groups in total. The lowest BCUT2D eigenvalue weighted by Crippen LogP contribution is -2.43. The molecule has 0 aliphatic heterocycles. The highest BCUT2D eigenvalue weighted by atomic mass is 16.5. The Kier molecular flexibility index (Phi) is 3.99. The summed E-state index contributed by atoms with van der Waals surface area (Å²) in [6, 6.07) is 0. The molecule has 90 valence electrons. The van der Waals surface area contributed by atoms with Crippen LogP contribution in [0.15, 0.2) is 11.6 Å². The predicted octanol–water partition coefficient (Wildman–Crippen LogP) is -1.41. The van der Waals surface area contributed by atoms with Crippen molar-refractivity contribution in [1.29, 1.82) is 0 Å². The molecule has 0 aromatic heterocycles. The molecule has 1 aliphatic rings. The van der Waals surface area contributed by atoms with Crippen molar-refractivity contribution in [1.82, 2.24) is 0 Å². The van der Waals surface area contributed by atoms with Gasteiger partial charge in [0.1, 0.15) is 18.8 Å². The van der Waals surface area contributed by atoms with Crippen molar-refractivity contribution in [3.05, 3.63) is 11.6 Å². The summed E-state index contributed by atoms with van der Waals surface area (Å²) in [5, 5.41) is 35.8. The number of aliphatic hydroxyl groups excluding tert-OH is 2. The molecule has 7 nitrogen and oxygen atoms in total. The van der Waals surface area contributed by atoms with Crippen molar-refractivity contribution >= 4 is 11.9 Å². The van der Waals surface area contributed by atoms with Crippen LogP contribution >= 0.6 is 0 Å². The molecule has 0 bridgehead atoms. The van der Waals surface area contributed by atoms with Gasteiger partial charge in [0.05, 0.1) is 6.10 Å². The number of hydrogen-bond donors (Lipinski definition) is 4. The van der Waals surface area contributed by atoms with Gasteiger partial charge in [0.15, 0.2) is 0 Å². The van der Waals surface area contributed by atoms with E-state index in [0.29, 0.717) is 0 Å². The smallest absolute Gasteiger partial charge is 0.331 e. The van der Waals surface area contributed by atoms with Gasteiger partial charge in [-0.1, -0.05) is 0 Å². The molecule has 0 amide bonds. The molecule has 1 rings (SSSR count). The number of carboxylic acid groups (broad SMARTS) is 2. The van der Waals surface area contributed by atoms with Gasteiger partial charge >= 0.3 is 11.9 Å². The highest BCUT2D eigenvalue weighted by molar-refractivity contribution is 5.87. The second kappa shape index (κ2) is 5.06. The van der Waals surface area contributed by atoms with Crippen molar-refractivity contribution < 1.29 is 34.8 Å². The van der Waals surface area contributed by atoms with Crippen LogP contribution in [0.3, 0.4) is 0 Å². The van der Waals surface area contributed by atoms with Crippen LogP contribution in [0.2, 0.25) is 0 Å². The standard InChI is InChI=1S/C9H12O7/c10-5-1-4(9(14)15)2-6(8(5)13)16-3-7(11)12/h1,5-6,8,10,13H,2-3H2,(H,11,12)(H,14,15)/t5-,6-,8-/m1/s1. The van der Waals surface area contributed by atoms with E-state index in [0.717, 1.165) is 6.08 Å². The molecule has 0 spiro atoms. The number of aliphatic hydroxyl groups is 2. The van der Waals surface area contributed by atoms with E-state index >= 15 is 0 Å². The summed E-state index contributed by atoms with van der Waals surface area (Å²) in [6.45, 7) is -0.651. The van der Waals surface area contributed by atoms with Gasteiger partial charge in [0.25, 0.3) is 0 Å². The summed E-state index contributed by atoms with van der Waals surface area (Å²) < 4.78 is 4.79. The van der Waals surface area contributed by atoms with E-state index in [-0.39, 0.29) is 12.0 Å². The summed E-state index contributed by atoms with van der Waals surface area (Å²) in [4.78, 5) is 20.9. The Morgan fingerprint density at radius 2 is 2.00 bits per heavy atom. The van der Waals surface area contributed by atoms with Crippen LogP contribution in [-0.2, 0) is 14.3 Å². The Morgan fingerprint density at radius 1 is 1.38 bits per heavy atom. The third kappa shape index (κ3) is 3.02. The van der Waals surface area contributed by atoms with E-state index in [1.807, 2.05) is 0 Å². The molecule has 0 aromatic rings. The lowest BCUT2D eigenvalue weighted by Gasteiger charge is -2.29. The fraction of sp³-hybridized carbons (Fsp3) is 0.556. The van der Waals surface area contributed by atoms with Crippen molar-refractivity contribution in [2.24, 2.45) is 0 Å².